The van der Waals surface area contributed by atoms with Crippen LogP contribution < -0.4 is 5.32 Å². The van der Waals surface area contributed by atoms with Gasteiger partial charge in [-0.05, 0) is 24.2 Å². The van der Waals surface area contributed by atoms with E-state index in [0.717, 1.165) is 18.9 Å². The van der Waals surface area contributed by atoms with Crippen LogP contribution in [-0.2, 0) is 6.42 Å². The molecule has 16 heavy (non-hydrogen) atoms. The summed E-state index contributed by atoms with van der Waals surface area (Å²) in [5.41, 5.74) is 0.526. The molecule has 0 spiro atoms. The third-order valence-corrected chi connectivity index (χ3v) is 4.40. The minimum Gasteiger partial charge on any atom is -0.313 e. The van der Waals surface area contributed by atoms with Crippen molar-refractivity contribution in [2.75, 3.05) is 6.54 Å². The first kappa shape index (κ1) is 12.1. The number of aromatic nitrogens is 1. The molecule has 2 nitrogen and oxygen atoms in total. The monoisotopic (exact) mass is 238 g/mol. The number of thiazole rings is 1. The molecule has 0 aromatic carbocycles. The quantitative estimate of drug-likeness (QED) is 0.872. The highest BCUT2D eigenvalue weighted by atomic mass is 32.1. The van der Waals surface area contributed by atoms with Crippen molar-refractivity contribution in [2.24, 2.45) is 11.3 Å². The summed E-state index contributed by atoms with van der Waals surface area (Å²) < 4.78 is 0. The van der Waals surface area contributed by atoms with Gasteiger partial charge in [0.05, 0.1) is 5.01 Å². The van der Waals surface area contributed by atoms with Crippen LogP contribution in [-0.4, -0.2) is 17.6 Å². The first-order valence-electron chi connectivity index (χ1n) is 6.19. The molecule has 0 aliphatic heterocycles. The van der Waals surface area contributed by atoms with Gasteiger partial charge in [-0.15, -0.1) is 11.3 Å². The van der Waals surface area contributed by atoms with E-state index in [4.69, 9.17) is 0 Å². The maximum atomic E-state index is 4.31. The van der Waals surface area contributed by atoms with Crippen LogP contribution in [0, 0.1) is 11.3 Å². The van der Waals surface area contributed by atoms with Gasteiger partial charge in [0.15, 0.2) is 0 Å². The first-order chi connectivity index (χ1) is 7.57. The van der Waals surface area contributed by atoms with Gasteiger partial charge in [-0.1, -0.05) is 20.8 Å². The summed E-state index contributed by atoms with van der Waals surface area (Å²) >= 11 is 1.75. The molecule has 1 heterocycles. The Labute approximate surface area is 102 Å². The van der Waals surface area contributed by atoms with Crippen LogP contribution in [0.5, 0.6) is 0 Å². The van der Waals surface area contributed by atoms with Crippen LogP contribution in [0.1, 0.15) is 38.6 Å². The molecule has 0 amide bonds. The summed E-state index contributed by atoms with van der Waals surface area (Å²) in [4.78, 5) is 4.31. The van der Waals surface area contributed by atoms with Crippen molar-refractivity contribution >= 4 is 11.3 Å². The average molecular weight is 238 g/mol. The molecule has 1 aromatic rings. The molecule has 0 radical (unpaired) electrons. The van der Waals surface area contributed by atoms with Gasteiger partial charge in [-0.25, -0.2) is 4.98 Å². The summed E-state index contributed by atoms with van der Waals surface area (Å²) in [6.07, 6.45) is 5.62. The number of nitrogens with zero attached hydrogens (tertiary/aromatic N) is 1. The number of hydrogen-bond donors (Lipinski definition) is 1. The zero-order chi connectivity index (χ0) is 11.6. The molecule has 0 saturated heterocycles. The molecule has 1 fully saturated rings. The Morgan fingerprint density at radius 1 is 1.50 bits per heavy atom. The molecule has 3 heteroatoms. The van der Waals surface area contributed by atoms with E-state index in [2.05, 4.69) is 36.5 Å². The minimum atomic E-state index is 0.526. The van der Waals surface area contributed by atoms with Gasteiger partial charge >= 0.3 is 0 Å². The van der Waals surface area contributed by atoms with Gasteiger partial charge in [0.1, 0.15) is 0 Å². The minimum absolute atomic E-state index is 0.526. The van der Waals surface area contributed by atoms with Crippen LogP contribution >= 0.6 is 11.3 Å². The van der Waals surface area contributed by atoms with Gasteiger partial charge in [0, 0.05) is 30.6 Å². The Hall–Kier alpha value is -0.410. The number of rotatable bonds is 4. The van der Waals surface area contributed by atoms with Crippen molar-refractivity contribution in [1.82, 2.24) is 10.3 Å². The van der Waals surface area contributed by atoms with E-state index in [9.17, 15) is 0 Å². The van der Waals surface area contributed by atoms with E-state index in [0.29, 0.717) is 11.5 Å². The summed E-state index contributed by atoms with van der Waals surface area (Å²) in [5, 5.41) is 6.99. The van der Waals surface area contributed by atoms with Crippen molar-refractivity contribution in [3.8, 4) is 0 Å². The number of hydrogen-bond acceptors (Lipinski definition) is 3. The maximum Gasteiger partial charge on any atom is 0.0937 e. The van der Waals surface area contributed by atoms with E-state index < -0.39 is 0 Å². The molecular weight excluding hydrogens is 216 g/mol. The van der Waals surface area contributed by atoms with Crippen LogP contribution in [0.4, 0.5) is 0 Å². The lowest BCUT2D eigenvalue weighted by Gasteiger charge is -2.18. The summed E-state index contributed by atoms with van der Waals surface area (Å²) in [6, 6.07) is 0.704. The Balaban J connectivity index is 1.74. The molecule has 0 unspecified atom stereocenters. The molecule has 1 aromatic heterocycles. The fourth-order valence-corrected chi connectivity index (χ4v) is 3.53. The topological polar surface area (TPSA) is 24.9 Å². The van der Waals surface area contributed by atoms with E-state index >= 15 is 0 Å². The van der Waals surface area contributed by atoms with E-state index in [1.54, 1.807) is 11.3 Å². The number of nitrogens with one attached hydrogen (secondary N) is 1. The molecule has 2 rings (SSSR count). The Kier molecular flexibility index (Phi) is 3.65. The van der Waals surface area contributed by atoms with Gasteiger partial charge in [0.2, 0.25) is 0 Å². The Morgan fingerprint density at radius 3 is 2.88 bits per heavy atom. The third kappa shape index (κ3) is 3.05. The second kappa shape index (κ2) is 4.84. The van der Waals surface area contributed by atoms with Crippen LogP contribution in [0.2, 0.25) is 0 Å². The summed E-state index contributed by atoms with van der Waals surface area (Å²) in [7, 11) is 0. The van der Waals surface area contributed by atoms with Crippen molar-refractivity contribution in [1.29, 1.82) is 0 Å². The highest BCUT2D eigenvalue weighted by Crippen LogP contribution is 2.40. The molecule has 2 atom stereocenters. The lowest BCUT2D eigenvalue weighted by Crippen LogP contribution is -2.33. The van der Waals surface area contributed by atoms with Crippen molar-refractivity contribution in [2.45, 2.75) is 46.1 Å². The van der Waals surface area contributed by atoms with Crippen molar-refractivity contribution in [3.05, 3.63) is 16.6 Å². The van der Waals surface area contributed by atoms with Crippen LogP contribution in [0.15, 0.2) is 11.6 Å². The van der Waals surface area contributed by atoms with Crippen LogP contribution in [0.25, 0.3) is 0 Å². The first-order valence-corrected chi connectivity index (χ1v) is 7.06. The normalized spacial score (nSPS) is 28.4. The zero-order valence-electron chi connectivity index (χ0n) is 10.5. The molecule has 90 valence electrons. The molecule has 1 aliphatic rings. The van der Waals surface area contributed by atoms with Gasteiger partial charge in [0.25, 0.3) is 0 Å². The highest BCUT2D eigenvalue weighted by Gasteiger charge is 2.35. The molecule has 0 bridgehead atoms. The second-order valence-electron chi connectivity index (χ2n) is 5.79. The summed E-state index contributed by atoms with van der Waals surface area (Å²) in [5.74, 6) is 0.811. The van der Waals surface area contributed by atoms with Gasteiger partial charge < -0.3 is 5.32 Å². The van der Waals surface area contributed by atoms with Crippen molar-refractivity contribution in [3.63, 3.8) is 0 Å². The Morgan fingerprint density at radius 2 is 2.31 bits per heavy atom. The second-order valence-corrected chi connectivity index (χ2v) is 6.77. The SMILES string of the molecule is C[C@@H]1CC(C)(C)C[C@H]1NCCc1nccs1. The molecular formula is C13H22N2S. The Bertz CT molecular complexity index is 319. The van der Waals surface area contributed by atoms with Gasteiger partial charge in [-0.3, -0.25) is 0 Å². The van der Waals surface area contributed by atoms with Gasteiger partial charge in [-0.2, -0.15) is 0 Å². The van der Waals surface area contributed by atoms with E-state index in [1.807, 2.05) is 6.20 Å². The predicted molar refractivity (Wildman–Crippen MR) is 69.8 cm³/mol. The fraction of sp³-hybridized carbons (Fsp3) is 0.769. The third-order valence-electron chi connectivity index (χ3n) is 3.56. The predicted octanol–water partition coefficient (Wildman–Crippen LogP) is 3.10. The highest BCUT2D eigenvalue weighted by molar-refractivity contribution is 7.09. The lowest BCUT2D eigenvalue weighted by molar-refractivity contribution is 0.362. The zero-order valence-corrected chi connectivity index (χ0v) is 11.3. The smallest absolute Gasteiger partial charge is 0.0937 e. The largest absolute Gasteiger partial charge is 0.313 e. The maximum absolute atomic E-state index is 4.31. The molecule has 1 N–H and O–H groups in total. The molecule has 1 saturated carbocycles. The summed E-state index contributed by atoms with van der Waals surface area (Å²) in [6.45, 7) is 8.20. The standard InChI is InChI=1S/C13H22N2S/c1-10-8-13(2,3)9-11(10)14-5-4-12-15-6-7-16-12/h6-7,10-11,14H,4-5,8-9H2,1-3H3/t10-,11-/m1/s1. The van der Waals surface area contributed by atoms with Crippen LogP contribution in [0.3, 0.4) is 0 Å². The molecule has 1 aliphatic carbocycles. The van der Waals surface area contributed by atoms with E-state index in [1.165, 1.54) is 17.8 Å². The average Bonchev–Trinajstić information content (AvgIpc) is 2.75. The van der Waals surface area contributed by atoms with E-state index in [-0.39, 0.29) is 0 Å². The van der Waals surface area contributed by atoms with Crippen molar-refractivity contribution < 1.29 is 0 Å². The fourth-order valence-electron chi connectivity index (χ4n) is 2.91. The lowest BCUT2D eigenvalue weighted by atomic mass is 9.91.